The number of methoxy groups -OCH3 is 1. The van der Waals surface area contributed by atoms with Crippen molar-refractivity contribution >= 4 is 21.9 Å². The van der Waals surface area contributed by atoms with Gasteiger partial charge in [-0.1, -0.05) is 32.9 Å². The van der Waals surface area contributed by atoms with Gasteiger partial charge >= 0.3 is 5.97 Å². The van der Waals surface area contributed by atoms with Gasteiger partial charge in [0.2, 0.25) is 15.9 Å². The lowest BCUT2D eigenvalue weighted by Crippen LogP contribution is -2.61. The fraction of sp³-hybridized carbons (Fsp3) is 0.843. The number of hydrogen-bond donors (Lipinski definition) is 6. The Hall–Kier alpha value is -2.48. The first-order valence-electron chi connectivity index (χ1n) is 25.5. The number of carbonyl (C=O) groups is 2. The summed E-state index contributed by atoms with van der Waals surface area (Å²) < 4.78 is 78.4. The Bertz CT molecular complexity index is 2000. The van der Waals surface area contributed by atoms with Gasteiger partial charge in [0.05, 0.1) is 52.5 Å². The average molecular weight is 1050 g/mol. The summed E-state index contributed by atoms with van der Waals surface area (Å²) in [5.41, 5.74) is -4.03. The van der Waals surface area contributed by atoms with Crippen molar-refractivity contribution in [3.05, 3.63) is 29.8 Å². The summed E-state index contributed by atoms with van der Waals surface area (Å²) in [6, 6.07) is 3.98. The van der Waals surface area contributed by atoms with Crippen LogP contribution < -0.4 is 5.32 Å². The zero-order chi connectivity index (χ0) is 54.4. The molecule has 1 aromatic carbocycles. The molecule has 19 atom stereocenters. The molecule has 4 rings (SSSR count). The van der Waals surface area contributed by atoms with E-state index in [1.807, 2.05) is 23.6 Å². The Kier molecular flexibility index (Phi) is 22.0. The van der Waals surface area contributed by atoms with Crippen molar-refractivity contribution in [2.75, 3.05) is 55.1 Å². The van der Waals surface area contributed by atoms with E-state index in [-0.39, 0.29) is 49.5 Å². The van der Waals surface area contributed by atoms with Crippen LogP contribution in [0.3, 0.4) is 0 Å². The first-order valence-corrected chi connectivity index (χ1v) is 26.9. The second kappa shape index (κ2) is 25.6. The largest absolute Gasteiger partial charge is 0.459 e. The molecule has 6 N–H and O–H groups in total. The van der Waals surface area contributed by atoms with Gasteiger partial charge in [0.25, 0.3) is 0 Å². The predicted octanol–water partition coefficient (Wildman–Crippen LogP) is 2.61. The number of rotatable bonds is 16. The van der Waals surface area contributed by atoms with Gasteiger partial charge in [0.15, 0.2) is 12.6 Å². The van der Waals surface area contributed by atoms with E-state index in [9.17, 15) is 47.9 Å². The Morgan fingerprint density at radius 3 is 2.17 bits per heavy atom. The van der Waals surface area contributed by atoms with Crippen LogP contribution >= 0.6 is 0 Å². The summed E-state index contributed by atoms with van der Waals surface area (Å²) in [7, 11) is 4.24. The molecule has 0 radical (unpaired) electrons. The third kappa shape index (κ3) is 14.9. The van der Waals surface area contributed by atoms with Gasteiger partial charge in [-0.2, -0.15) is 0 Å². The third-order valence-corrected chi connectivity index (χ3v) is 17.4. The highest BCUT2D eigenvalue weighted by Gasteiger charge is 2.53. The molecule has 3 fully saturated rings. The number of carbonyl (C=O) groups excluding carboxylic acids is 2. The molecule has 1 aromatic rings. The zero-order valence-electron chi connectivity index (χ0n) is 45.4. The number of esters is 1. The molecule has 3 heterocycles. The van der Waals surface area contributed by atoms with Crippen LogP contribution in [0.4, 0.5) is 4.39 Å². The Labute approximate surface area is 428 Å². The number of benzene rings is 1. The number of likely N-dealkylation sites (N-methyl/N-ethyl adjacent to an activating group) is 2. The van der Waals surface area contributed by atoms with E-state index in [1.54, 1.807) is 74.7 Å². The normalized spacial score (nSPS) is 39.8. The maximum absolute atomic E-state index is 14.5. The lowest BCUT2D eigenvalue weighted by atomic mass is 9.77. The smallest absolute Gasteiger partial charge is 0.311 e. The summed E-state index contributed by atoms with van der Waals surface area (Å²) in [5, 5.41) is 62.2. The molecule has 0 saturated carbocycles. The highest BCUT2D eigenvalue weighted by molar-refractivity contribution is 7.89. The van der Waals surface area contributed by atoms with Gasteiger partial charge in [-0.05, 0) is 112 Å². The Balaban J connectivity index is 1.64. The summed E-state index contributed by atoms with van der Waals surface area (Å²) in [6.07, 6.45) is -9.98. The molecular weight excluding hydrogens is 960 g/mol. The maximum Gasteiger partial charge on any atom is 0.311 e. The van der Waals surface area contributed by atoms with E-state index in [0.717, 1.165) is 4.31 Å². The molecule has 1 amide bonds. The van der Waals surface area contributed by atoms with Crippen molar-refractivity contribution in [3.63, 3.8) is 0 Å². The molecule has 3 aliphatic rings. The van der Waals surface area contributed by atoms with Crippen LogP contribution in [0, 0.1) is 17.8 Å². The quantitative estimate of drug-likeness (QED) is 0.130. The lowest BCUT2D eigenvalue weighted by Gasteiger charge is -2.49. The van der Waals surface area contributed by atoms with E-state index in [4.69, 9.17) is 28.4 Å². The number of ether oxygens (including phenoxy) is 6. The maximum atomic E-state index is 14.5. The van der Waals surface area contributed by atoms with Crippen molar-refractivity contribution < 1.29 is 76.4 Å². The minimum Gasteiger partial charge on any atom is -0.459 e. The summed E-state index contributed by atoms with van der Waals surface area (Å²) >= 11 is 0. The van der Waals surface area contributed by atoms with Crippen molar-refractivity contribution in [2.45, 2.75) is 209 Å². The molecule has 19 nitrogen and oxygen atoms in total. The number of aliphatic hydroxyl groups is 5. The van der Waals surface area contributed by atoms with E-state index in [1.165, 1.54) is 40.3 Å². The number of cyclic esters (lactones) is 1. The zero-order valence-corrected chi connectivity index (χ0v) is 46.2. The van der Waals surface area contributed by atoms with Crippen LogP contribution in [0.1, 0.15) is 107 Å². The van der Waals surface area contributed by atoms with Crippen molar-refractivity contribution in [1.29, 1.82) is 0 Å². The highest BCUT2D eigenvalue weighted by atomic mass is 32.2. The van der Waals surface area contributed by atoms with E-state index in [2.05, 4.69) is 5.32 Å². The van der Waals surface area contributed by atoms with Gasteiger partial charge in [0, 0.05) is 65.1 Å². The van der Waals surface area contributed by atoms with Crippen LogP contribution in [0.15, 0.2) is 29.2 Å². The first kappa shape index (κ1) is 62.1. The van der Waals surface area contributed by atoms with Crippen LogP contribution in [-0.2, 0) is 54.5 Å². The van der Waals surface area contributed by atoms with Gasteiger partial charge in [-0.25, -0.2) is 17.1 Å². The topological polar surface area (TPSA) is 247 Å². The minimum absolute atomic E-state index is 0.0460. The summed E-state index contributed by atoms with van der Waals surface area (Å²) in [4.78, 5) is 31.5. The first-order chi connectivity index (χ1) is 33.3. The van der Waals surface area contributed by atoms with Gasteiger partial charge in [-0.15, -0.1) is 0 Å². The summed E-state index contributed by atoms with van der Waals surface area (Å²) in [5.74, 6) is -3.43. The minimum atomic E-state index is -3.65. The van der Waals surface area contributed by atoms with Crippen LogP contribution in [-0.4, -0.2) is 211 Å². The number of sulfonamides is 1. The average Bonchev–Trinajstić information content (AvgIpc) is 3.31. The molecule has 0 aromatic heterocycles. The third-order valence-electron chi connectivity index (χ3n) is 15.5. The monoisotopic (exact) mass is 1050 g/mol. The van der Waals surface area contributed by atoms with Crippen molar-refractivity contribution in [2.24, 2.45) is 17.8 Å². The molecule has 3 aliphatic heterocycles. The lowest BCUT2D eigenvalue weighted by molar-refractivity contribution is -0.318. The van der Waals surface area contributed by atoms with Gasteiger partial charge < -0.3 is 69.1 Å². The summed E-state index contributed by atoms with van der Waals surface area (Å²) in [6.45, 7) is 16.8. The van der Waals surface area contributed by atoms with Gasteiger partial charge in [0.1, 0.15) is 36.7 Å². The SMILES string of the molecule is CC[C@H]1OC(=O)[C@H](C)[C@@H](O[C@H]2CC(C)(OC)[C@@H](O)[C@H](C)O2)[C@H](C)[C@@H](O[C@@H]2O[C@H](C)C[C@H](N(C)CCC(=O)N[C@H](CF)Cc3ccc(S(=O)(=O)N(C)C)cc3)[C@H]2O)C(C)(O)C[C@@H](C)CN(C)[C@H](C)[C@@H](O)C1(C)O. The Morgan fingerprint density at radius 1 is 0.972 bits per heavy atom. The molecular formula is C51H89FN4O15S. The second-order valence-corrected chi connectivity index (χ2v) is 24.1. The standard InChI is InChI=1S/C51H89FN4O15S/c1-16-39-51(10,63)44(59)33(6)56(14)28-29(2)25-49(8,62)46(31(4)43(32(5)47(61)69-39)70-41-26-50(9,66-15)45(60)34(7)68-41)71-48-42(58)38(23-30(3)67-48)55(13)22-21-40(57)53-36(27-52)24-35-17-19-37(20-18-35)72(64,65)54(11)12/h17-20,29-34,36,38-39,41-46,48,58-60,62-63H,16,21-28H2,1-15H3,(H,53,57)/t29-,30-,31+,32-,33-,34+,36+,38+,39-,41+,42-,43+,44-,45+,46-,48+,49?,50?,51?/m1/s1. The molecule has 0 aliphatic carbocycles. The second-order valence-electron chi connectivity index (χ2n) is 22.0. The fourth-order valence-electron chi connectivity index (χ4n) is 10.8. The van der Waals surface area contributed by atoms with E-state index in [0.29, 0.717) is 18.5 Å². The molecule has 3 unspecified atom stereocenters. The number of nitrogens with zero attached hydrogens (tertiary/aromatic N) is 3. The molecule has 3 saturated heterocycles. The Morgan fingerprint density at radius 2 is 1.60 bits per heavy atom. The molecule has 21 heteroatoms. The number of aliphatic hydroxyl groups excluding tert-OH is 3. The van der Waals surface area contributed by atoms with Crippen LogP contribution in [0.2, 0.25) is 0 Å². The number of hydrogen-bond acceptors (Lipinski definition) is 17. The van der Waals surface area contributed by atoms with Crippen LogP contribution in [0.25, 0.3) is 0 Å². The number of alkyl halides is 1. The van der Waals surface area contributed by atoms with E-state index < -0.39 is 137 Å². The number of halogens is 1. The number of nitrogens with one attached hydrogen (secondary N) is 1. The van der Waals surface area contributed by atoms with Crippen LogP contribution in [0.5, 0.6) is 0 Å². The highest BCUT2D eigenvalue weighted by Crippen LogP contribution is 2.40. The molecule has 0 bridgehead atoms. The van der Waals surface area contributed by atoms with Crippen molar-refractivity contribution in [3.8, 4) is 0 Å². The van der Waals surface area contributed by atoms with Gasteiger partial charge in [-0.3, -0.25) is 9.59 Å². The van der Waals surface area contributed by atoms with Crippen molar-refractivity contribution in [1.82, 2.24) is 19.4 Å². The molecule has 416 valence electrons. The fourth-order valence-corrected chi connectivity index (χ4v) is 11.7. The molecule has 0 spiro atoms. The molecule has 72 heavy (non-hydrogen) atoms. The van der Waals surface area contributed by atoms with E-state index >= 15 is 0 Å². The predicted molar refractivity (Wildman–Crippen MR) is 267 cm³/mol. The number of amides is 1.